The van der Waals surface area contributed by atoms with Gasteiger partial charge in [0.15, 0.2) is 0 Å². The molecule has 0 fully saturated rings. The maximum atomic E-state index is 10.3. The molecule has 0 unspecified atom stereocenters. The summed E-state index contributed by atoms with van der Waals surface area (Å²) in [5.41, 5.74) is 5.05. The number of hydrogen-bond donors (Lipinski definition) is 1. The summed E-state index contributed by atoms with van der Waals surface area (Å²) >= 11 is 0. The summed E-state index contributed by atoms with van der Waals surface area (Å²) in [5, 5.41) is 0. The highest BCUT2D eigenvalue weighted by Crippen LogP contribution is 1.80. The van der Waals surface area contributed by atoms with Crippen molar-refractivity contribution in [1.82, 2.24) is 0 Å². The monoisotopic (exact) mass is 117 g/mol. The third-order valence-electron chi connectivity index (χ3n) is 0.670. The minimum atomic E-state index is -0.185. The fourth-order valence-corrected chi connectivity index (χ4v) is 0.275. The van der Waals surface area contributed by atoms with E-state index in [2.05, 4.69) is 4.74 Å². The van der Waals surface area contributed by atoms with Crippen LogP contribution in [-0.2, 0) is 9.53 Å². The Labute approximate surface area is 48.8 Å². The van der Waals surface area contributed by atoms with Crippen molar-refractivity contribution in [2.24, 2.45) is 5.73 Å². The van der Waals surface area contributed by atoms with Crippen molar-refractivity contribution in [3.63, 3.8) is 0 Å². The first-order valence-corrected chi connectivity index (χ1v) is 2.67. The predicted molar refractivity (Wildman–Crippen MR) is 30.3 cm³/mol. The molecule has 0 aromatic rings. The van der Waals surface area contributed by atoms with Gasteiger partial charge in [0, 0.05) is 13.0 Å². The maximum absolute atomic E-state index is 10.3. The topological polar surface area (TPSA) is 52.3 Å². The predicted octanol–water partition coefficient (Wildman–Crippen LogP) is -0.102. The molecule has 2 N–H and O–H groups in total. The Kier molecular flexibility index (Phi) is 4.26. The highest BCUT2D eigenvalue weighted by Gasteiger charge is 1.93. The van der Waals surface area contributed by atoms with Crippen LogP contribution in [0.15, 0.2) is 0 Å². The molecule has 0 saturated carbocycles. The molecule has 0 amide bonds. The lowest BCUT2D eigenvalue weighted by Crippen LogP contribution is -2.12. The molecule has 0 heterocycles. The van der Waals surface area contributed by atoms with E-state index >= 15 is 0 Å². The van der Waals surface area contributed by atoms with Crippen LogP contribution in [0.25, 0.3) is 0 Å². The van der Waals surface area contributed by atoms with Gasteiger partial charge in [0.25, 0.3) is 0 Å². The van der Waals surface area contributed by atoms with Crippen LogP contribution in [0.4, 0.5) is 0 Å². The lowest BCUT2D eigenvalue weighted by atomic mass is 10.5. The highest BCUT2D eigenvalue weighted by atomic mass is 16.5. The molecule has 0 radical (unpaired) electrons. The van der Waals surface area contributed by atoms with Crippen LogP contribution < -0.4 is 5.73 Å². The summed E-state index contributed by atoms with van der Waals surface area (Å²) in [7, 11) is 0. The van der Waals surface area contributed by atoms with Crippen molar-refractivity contribution in [2.45, 2.75) is 13.3 Å². The number of carbonyl (C=O) groups excluding carboxylic acids is 1. The largest absolute Gasteiger partial charge is 0.464 e. The summed E-state index contributed by atoms with van der Waals surface area (Å²) < 4.78 is 4.58. The molecule has 48 valence electrons. The SMILES string of the molecule is CCC(=O)OCCN. The van der Waals surface area contributed by atoms with E-state index in [9.17, 15) is 4.79 Å². The Morgan fingerprint density at radius 2 is 2.38 bits per heavy atom. The van der Waals surface area contributed by atoms with E-state index in [0.717, 1.165) is 0 Å². The van der Waals surface area contributed by atoms with E-state index in [1.54, 1.807) is 6.92 Å². The number of carbonyl (C=O) groups is 1. The molecule has 0 aliphatic rings. The van der Waals surface area contributed by atoms with Gasteiger partial charge in [0.1, 0.15) is 6.61 Å². The average Bonchev–Trinajstić information content (AvgIpc) is 1.83. The first-order chi connectivity index (χ1) is 3.81. The number of ether oxygens (including phenoxy) is 1. The van der Waals surface area contributed by atoms with Gasteiger partial charge >= 0.3 is 5.97 Å². The number of nitrogens with two attached hydrogens (primary N) is 1. The molecule has 0 atom stereocenters. The van der Waals surface area contributed by atoms with Crippen LogP contribution in [-0.4, -0.2) is 19.1 Å². The lowest BCUT2D eigenvalue weighted by molar-refractivity contribution is -0.142. The van der Waals surface area contributed by atoms with Crippen molar-refractivity contribution in [1.29, 1.82) is 0 Å². The zero-order chi connectivity index (χ0) is 6.41. The lowest BCUT2D eigenvalue weighted by Gasteiger charge is -1.97. The standard InChI is InChI=1S/C5H11NO2/c1-2-5(7)8-4-3-6/h2-4,6H2,1H3. The Morgan fingerprint density at radius 3 is 2.75 bits per heavy atom. The second kappa shape index (κ2) is 4.59. The third-order valence-corrected chi connectivity index (χ3v) is 0.670. The molecule has 0 aliphatic heterocycles. The van der Waals surface area contributed by atoms with Gasteiger partial charge in [-0.05, 0) is 0 Å². The zero-order valence-corrected chi connectivity index (χ0v) is 5.02. The quantitative estimate of drug-likeness (QED) is 0.525. The maximum Gasteiger partial charge on any atom is 0.305 e. The normalized spacial score (nSPS) is 8.75. The Bertz CT molecular complexity index is 72.8. The summed E-state index contributed by atoms with van der Waals surface area (Å²) in [4.78, 5) is 10.3. The summed E-state index contributed by atoms with van der Waals surface area (Å²) in [6.07, 6.45) is 0.431. The van der Waals surface area contributed by atoms with Gasteiger partial charge in [-0.15, -0.1) is 0 Å². The van der Waals surface area contributed by atoms with Crippen molar-refractivity contribution < 1.29 is 9.53 Å². The fourth-order valence-electron chi connectivity index (χ4n) is 0.275. The molecule has 0 saturated heterocycles. The number of esters is 1. The minimum Gasteiger partial charge on any atom is -0.464 e. The second-order valence-corrected chi connectivity index (χ2v) is 1.36. The van der Waals surface area contributed by atoms with Crippen LogP contribution in [0.1, 0.15) is 13.3 Å². The molecular weight excluding hydrogens is 106 g/mol. The van der Waals surface area contributed by atoms with Gasteiger partial charge in [-0.3, -0.25) is 4.79 Å². The molecule has 0 aromatic heterocycles. The Balaban J connectivity index is 2.99. The van der Waals surface area contributed by atoms with Gasteiger partial charge in [-0.25, -0.2) is 0 Å². The van der Waals surface area contributed by atoms with E-state index in [1.807, 2.05) is 0 Å². The third kappa shape index (κ3) is 3.61. The molecule has 0 bridgehead atoms. The Hall–Kier alpha value is -0.570. The molecular formula is C5H11NO2. The van der Waals surface area contributed by atoms with Crippen molar-refractivity contribution in [3.05, 3.63) is 0 Å². The van der Waals surface area contributed by atoms with Gasteiger partial charge in [0.2, 0.25) is 0 Å². The van der Waals surface area contributed by atoms with Crippen LogP contribution >= 0.6 is 0 Å². The first-order valence-electron chi connectivity index (χ1n) is 2.67. The average molecular weight is 117 g/mol. The minimum absolute atomic E-state index is 0.185. The molecule has 3 nitrogen and oxygen atoms in total. The van der Waals surface area contributed by atoms with Crippen molar-refractivity contribution in [2.75, 3.05) is 13.2 Å². The van der Waals surface area contributed by atoms with Gasteiger partial charge in [0.05, 0.1) is 0 Å². The van der Waals surface area contributed by atoms with E-state index in [1.165, 1.54) is 0 Å². The molecule has 0 spiro atoms. The van der Waals surface area contributed by atoms with Crippen LogP contribution in [0.3, 0.4) is 0 Å². The first kappa shape index (κ1) is 7.43. The van der Waals surface area contributed by atoms with Gasteiger partial charge in [-0.1, -0.05) is 6.92 Å². The summed E-state index contributed by atoms with van der Waals surface area (Å²) in [6.45, 7) is 2.50. The van der Waals surface area contributed by atoms with E-state index in [-0.39, 0.29) is 5.97 Å². The van der Waals surface area contributed by atoms with Crippen molar-refractivity contribution >= 4 is 5.97 Å². The van der Waals surface area contributed by atoms with E-state index in [0.29, 0.717) is 19.6 Å². The van der Waals surface area contributed by atoms with Gasteiger partial charge < -0.3 is 10.5 Å². The van der Waals surface area contributed by atoms with Crippen LogP contribution in [0.2, 0.25) is 0 Å². The molecule has 0 aromatic carbocycles. The highest BCUT2D eigenvalue weighted by molar-refractivity contribution is 5.68. The Morgan fingerprint density at radius 1 is 1.75 bits per heavy atom. The molecule has 8 heavy (non-hydrogen) atoms. The molecule has 0 rings (SSSR count). The molecule has 0 aliphatic carbocycles. The summed E-state index contributed by atoms with van der Waals surface area (Å²) in [5.74, 6) is -0.185. The van der Waals surface area contributed by atoms with Crippen molar-refractivity contribution in [3.8, 4) is 0 Å². The fraction of sp³-hybridized carbons (Fsp3) is 0.800. The van der Waals surface area contributed by atoms with Gasteiger partial charge in [-0.2, -0.15) is 0 Å². The van der Waals surface area contributed by atoms with E-state index < -0.39 is 0 Å². The number of rotatable bonds is 3. The number of hydrogen-bond acceptors (Lipinski definition) is 3. The van der Waals surface area contributed by atoms with E-state index in [4.69, 9.17) is 5.73 Å². The smallest absolute Gasteiger partial charge is 0.305 e. The molecule has 3 heteroatoms. The second-order valence-electron chi connectivity index (χ2n) is 1.36. The van der Waals surface area contributed by atoms with Crippen LogP contribution in [0.5, 0.6) is 0 Å². The zero-order valence-electron chi connectivity index (χ0n) is 5.02. The van der Waals surface area contributed by atoms with Crippen LogP contribution in [0, 0.1) is 0 Å². The summed E-state index contributed by atoms with van der Waals surface area (Å²) in [6, 6.07) is 0.